The molecule has 0 aromatic rings. The van der Waals surface area contributed by atoms with Crippen LogP contribution in [0.4, 0.5) is 0 Å². The van der Waals surface area contributed by atoms with Crippen molar-refractivity contribution >= 4 is 5.97 Å². The van der Waals surface area contributed by atoms with Crippen molar-refractivity contribution in [1.29, 1.82) is 0 Å². The van der Waals surface area contributed by atoms with Crippen LogP contribution in [0.3, 0.4) is 0 Å². The SMILES string of the molecule is COC(=O)C(C)=CC1OC1C. The minimum absolute atomic E-state index is 0.120. The van der Waals surface area contributed by atoms with Crippen molar-refractivity contribution in [2.75, 3.05) is 7.11 Å². The lowest BCUT2D eigenvalue weighted by Gasteiger charge is -1.95. The number of ether oxygens (including phenoxy) is 2. The van der Waals surface area contributed by atoms with Gasteiger partial charge < -0.3 is 9.47 Å². The first-order valence-corrected chi connectivity index (χ1v) is 3.57. The van der Waals surface area contributed by atoms with E-state index in [0.717, 1.165) is 0 Å². The summed E-state index contributed by atoms with van der Waals surface area (Å²) in [6.45, 7) is 3.69. The van der Waals surface area contributed by atoms with E-state index in [2.05, 4.69) is 4.74 Å². The van der Waals surface area contributed by atoms with Gasteiger partial charge >= 0.3 is 5.97 Å². The summed E-state index contributed by atoms with van der Waals surface area (Å²) in [5.74, 6) is -0.285. The Morgan fingerprint density at radius 2 is 2.18 bits per heavy atom. The molecule has 3 nitrogen and oxygen atoms in total. The van der Waals surface area contributed by atoms with Gasteiger partial charge in [-0.3, -0.25) is 0 Å². The molecular formula is C8H12O3. The van der Waals surface area contributed by atoms with Crippen molar-refractivity contribution in [2.24, 2.45) is 0 Å². The molecule has 0 N–H and O–H groups in total. The molecule has 3 heteroatoms. The molecule has 62 valence electrons. The van der Waals surface area contributed by atoms with Gasteiger partial charge in [-0.2, -0.15) is 0 Å². The average molecular weight is 156 g/mol. The Kier molecular flexibility index (Phi) is 2.29. The maximum atomic E-state index is 10.8. The van der Waals surface area contributed by atoms with E-state index in [9.17, 15) is 4.79 Å². The molecule has 1 aliphatic rings. The van der Waals surface area contributed by atoms with Crippen LogP contribution in [-0.4, -0.2) is 25.3 Å². The van der Waals surface area contributed by atoms with Crippen LogP contribution < -0.4 is 0 Å². The molecule has 0 bridgehead atoms. The Hall–Kier alpha value is -0.830. The van der Waals surface area contributed by atoms with E-state index < -0.39 is 0 Å². The summed E-state index contributed by atoms with van der Waals surface area (Å²) >= 11 is 0. The van der Waals surface area contributed by atoms with E-state index in [0.29, 0.717) is 5.57 Å². The molecule has 0 amide bonds. The van der Waals surface area contributed by atoms with Gasteiger partial charge in [-0.05, 0) is 19.9 Å². The monoisotopic (exact) mass is 156 g/mol. The zero-order valence-electron chi connectivity index (χ0n) is 6.96. The molecular weight excluding hydrogens is 144 g/mol. The molecule has 0 aromatic heterocycles. The van der Waals surface area contributed by atoms with E-state index in [-0.39, 0.29) is 18.2 Å². The highest BCUT2D eigenvalue weighted by atomic mass is 16.6. The predicted molar refractivity (Wildman–Crippen MR) is 40.1 cm³/mol. The molecule has 2 unspecified atom stereocenters. The third-order valence-corrected chi connectivity index (χ3v) is 1.68. The van der Waals surface area contributed by atoms with Gasteiger partial charge in [0.2, 0.25) is 0 Å². The number of rotatable bonds is 2. The molecule has 0 spiro atoms. The quantitative estimate of drug-likeness (QED) is 0.338. The van der Waals surface area contributed by atoms with Crippen LogP contribution in [0.2, 0.25) is 0 Å². The van der Waals surface area contributed by atoms with Crippen LogP contribution in [0.1, 0.15) is 13.8 Å². The minimum Gasteiger partial charge on any atom is -0.466 e. The average Bonchev–Trinajstić information content (AvgIpc) is 2.65. The lowest BCUT2D eigenvalue weighted by molar-refractivity contribution is -0.136. The largest absolute Gasteiger partial charge is 0.466 e. The van der Waals surface area contributed by atoms with Crippen molar-refractivity contribution in [3.05, 3.63) is 11.6 Å². The normalized spacial score (nSPS) is 29.9. The van der Waals surface area contributed by atoms with Gasteiger partial charge in [-0.15, -0.1) is 0 Å². The van der Waals surface area contributed by atoms with E-state index in [1.807, 2.05) is 6.92 Å². The molecule has 1 rings (SSSR count). The second kappa shape index (κ2) is 3.05. The number of hydrogen-bond acceptors (Lipinski definition) is 3. The summed E-state index contributed by atoms with van der Waals surface area (Å²) < 4.78 is 9.61. The van der Waals surface area contributed by atoms with Gasteiger partial charge in [0, 0.05) is 5.57 Å². The molecule has 0 saturated carbocycles. The first kappa shape index (κ1) is 8.27. The van der Waals surface area contributed by atoms with Gasteiger partial charge in [0.25, 0.3) is 0 Å². The minimum atomic E-state index is -0.285. The van der Waals surface area contributed by atoms with Crippen LogP contribution in [0, 0.1) is 0 Å². The van der Waals surface area contributed by atoms with Crippen LogP contribution in [0.15, 0.2) is 11.6 Å². The lowest BCUT2D eigenvalue weighted by atomic mass is 10.2. The number of hydrogen-bond donors (Lipinski definition) is 0. The molecule has 1 heterocycles. The summed E-state index contributed by atoms with van der Waals surface area (Å²) in [4.78, 5) is 10.8. The summed E-state index contributed by atoms with van der Waals surface area (Å²) in [5.41, 5.74) is 0.613. The van der Waals surface area contributed by atoms with Gasteiger partial charge in [0.15, 0.2) is 0 Å². The molecule has 1 saturated heterocycles. The Morgan fingerprint density at radius 3 is 2.55 bits per heavy atom. The smallest absolute Gasteiger partial charge is 0.333 e. The van der Waals surface area contributed by atoms with E-state index in [1.165, 1.54) is 7.11 Å². The van der Waals surface area contributed by atoms with E-state index in [4.69, 9.17) is 4.74 Å². The van der Waals surface area contributed by atoms with E-state index in [1.54, 1.807) is 13.0 Å². The van der Waals surface area contributed by atoms with Crippen molar-refractivity contribution in [3.63, 3.8) is 0 Å². The molecule has 1 aliphatic heterocycles. The Bertz CT molecular complexity index is 196. The third-order valence-electron chi connectivity index (χ3n) is 1.68. The maximum Gasteiger partial charge on any atom is 0.333 e. The van der Waals surface area contributed by atoms with Crippen molar-refractivity contribution in [3.8, 4) is 0 Å². The third kappa shape index (κ3) is 2.05. The van der Waals surface area contributed by atoms with Crippen LogP contribution in [0.5, 0.6) is 0 Å². The molecule has 1 fully saturated rings. The standard InChI is InChI=1S/C8H12O3/c1-5(8(9)10-3)4-7-6(2)11-7/h4,6-7H,1-3H3. The number of methoxy groups -OCH3 is 1. The van der Waals surface area contributed by atoms with E-state index >= 15 is 0 Å². The maximum absolute atomic E-state index is 10.8. The molecule has 0 radical (unpaired) electrons. The second-order valence-electron chi connectivity index (χ2n) is 2.65. The zero-order chi connectivity index (χ0) is 8.43. The van der Waals surface area contributed by atoms with Gasteiger partial charge in [0.1, 0.15) is 6.10 Å². The Labute approximate surface area is 66.0 Å². The summed E-state index contributed by atoms with van der Waals surface area (Å²) in [7, 11) is 1.37. The molecule has 11 heavy (non-hydrogen) atoms. The number of epoxide rings is 1. The van der Waals surface area contributed by atoms with Crippen molar-refractivity contribution in [1.82, 2.24) is 0 Å². The number of carbonyl (C=O) groups excluding carboxylic acids is 1. The van der Waals surface area contributed by atoms with Crippen molar-refractivity contribution < 1.29 is 14.3 Å². The molecule has 0 aliphatic carbocycles. The first-order chi connectivity index (χ1) is 5.15. The fourth-order valence-electron chi connectivity index (χ4n) is 0.853. The topological polar surface area (TPSA) is 38.8 Å². The second-order valence-corrected chi connectivity index (χ2v) is 2.65. The molecule has 2 atom stereocenters. The molecule has 0 aromatic carbocycles. The predicted octanol–water partition coefficient (Wildman–Crippen LogP) is 0.893. The van der Waals surface area contributed by atoms with Crippen LogP contribution >= 0.6 is 0 Å². The number of carbonyl (C=O) groups is 1. The lowest BCUT2D eigenvalue weighted by Crippen LogP contribution is -2.02. The Balaban J connectivity index is 2.46. The van der Waals surface area contributed by atoms with Crippen LogP contribution in [-0.2, 0) is 14.3 Å². The fraction of sp³-hybridized carbons (Fsp3) is 0.625. The highest BCUT2D eigenvalue weighted by Gasteiger charge is 2.32. The van der Waals surface area contributed by atoms with Gasteiger partial charge in [-0.1, -0.05) is 0 Å². The van der Waals surface area contributed by atoms with Crippen LogP contribution in [0.25, 0.3) is 0 Å². The highest BCUT2D eigenvalue weighted by Crippen LogP contribution is 2.23. The summed E-state index contributed by atoms with van der Waals surface area (Å²) in [6.07, 6.45) is 2.17. The fourth-order valence-corrected chi connectivity index (χ4v) is 0.853. The van der Waals surface area contributed by atoms with Gasteiger partial charge in [-0.25, -0.2) is 4.79 Å². The summed E-state index contributed by atoms with van der Waals surface area (Å²) in [6, 6.07) is 0. The van der Waals surface area contributed by atoms with Gasteiger partial charge in [0.05, 0.1) is 13.2 Å². The first-order valence-electron chi connectivity index (χ1n) is 3.57. The zero-order valence-corrected chi connectivity index (χ0v) is 6.96. The highest BCUT2D eigenvalue weighted by molar-refractivity contribution is 5.87. The van der Waals surface area contributed by atoms with Crippen molar-refractivity contribution in [2.45, 2.75) is 26.1 Å². The Morgan fingerprint density at radius 1 is 1.64 bits per heavy atom. The summed E-state index contributed by atoms with van der Waals surface area (Å²) in [5, 5.41) is 0. The number of esters is 1.